The molecule has 0 atom stereocenters. The lowest BCUT2D eigenvalue weighted by atomic mass is 9.92. The Labute approximate surface area is 162 Å². The molecule has 0 unspecified atom stereocenters. The molecule has 1 aliphatic heterocycles. The number of ether oxygens (including phenoxy) is 1. The molecule has 1 saturated heterocycles. The summed E-state index contributed by atoms with van der Waals surface area (Å²) in [7, 11) is 0. The summed E-state index contributed by atoms with van der Waals surface area (Å²) in [6.45, 7) is 2.95. The number of benzene rings is 1. The molecule has 3 rings (SSSR count). The van der Waals surface area contributed by atoms with Crippen LogP contribution in [-0.4, -0.2) is 31.6 Å². The second-order valence-electron chi connectivity index (χ2n) is 8.02. The largest absolute Gasteiger partial charge is 0.493 e. The first-order chi connectivity index (χ1) is 13.2. The first-order valence-electron chi connectivity index (χ1n) is 10.6. The molecule has 1 aliphatic carbocycles. The van der Waals surface area contributed by atoms with Crippen LogP contribution in [0, 0.1) is 11.7 Å². The maximum atomic E-state index is 14.2. The second kappa shape index (κ2) is 10.6. The maximum Gasteiger partial charge on any atom is 0.224 e. The lowest BCUT2D eigenvalue weighted by Crippen LogP contribution is -2.40. The third-order valence-electron chi connectivity index (χ3n) is 5.83. The fourth-order valence-electron chi connectivity index (χ4n) is 3.84. The third kappa shape index (κ3) is 6.80. The van der Waals surface area contributed by atoms with Crippen LogP contribution in [0.4, 0.5) is 4.39 Å². The Hall–Kier alpha value is -1.62. The van der Waals surface area contributed by atoms with Gasteiger partial charge in [0.15, 0.2) is 0 Å². The monoisotopic (exact) mass is 376 g/mol. The van der Waals surface area contributed by atoms with Crippen LogP contribution in [0.3, 0.4) is 0 Å². The van der Waals surface area contributed by atoms with Crippen molar-refractivity contribution >= 4 is 5.91 Å². The van der Waals surface area contributed by atoms with Gasteiger partial charge in [0, 0.05) is 12.1 Å². The Kier molecular flexibility index (Phi) is 7.93. The molecule has 0 bridgehead atoms. The van der Waals surface area contributed by atoms with Gasteiger partial charge in [-0.25, -0.2) is 4.39 Å². The van der Waals surface area contributed by atoms with Crippen molar-refractivity contribution in [3.63, 3.8) is 0 Å². The van der Waals surface area contributed by atoms with E-state index in [4.69, 9.17) is 4.74 Å². The Morgan fingerprint density at radius 2 is 1.96 bits per heavy atom. The Balaban J connectivity index is 1.30. The van der Waals surface area contributed by atoms with Crippen molar-refractivity contribution in [3.8, 4) is 5.75 Å². The molecule has 5 heteroatoms. The lowest BCUT2D eigenvalue weighted by molar-refractivity contribution is -0.121. The summed E-state index contributed by atoms with van der Waals surface area (Å²) in [6.07, 6.45) is 10.7. The smallest absolute Gasteiger partial charge is 0.224 e. The molecule has 4 nitrogen and oxygen atoms in total. The highest BCUT2D eigenvalue weighted by Crippen LogP contribution is 2.21. The van der Waals surface area contributed by atoms with Gasteiger partial charge < -0.3 is 15.4 Å². The molecule has 2 N–H and O–H groups in total. The van der Waals surface area contributed by atoms with Gasteiger partial charge in [-0.2, -0.15) is 0 Å². The summed E-state index contributed by atoms with van der Waals surface area (Å²) in [5, 5.41) is 6.35. The molecule has 1 amide bonds. The van der Waals surface area contributed by atoms with Crippen molar-refractivity contribution in [3.05, 3.63) is 29.6 Å². The summed E-state index contributed by atoms with van der Waals surface area (Å²) < 4.78 is 19.9. The molecule has 150 valence electrons. The van der Waals surface area contributed by atoms with Crippen molar-refractivity contribution in [2.45, 2.75) is 70.3 Å². The third-order valence-corrected chi connectivity index (χ3v) is 5.83. The number of hydrogen-bond acceptors (Lipinski definition) is 3. The number of carbonyl (C=O) groups excluding carboxylic acids is 1. The number of rotatable bonds is 10. The van der Waals surface area contributed by atoms with Gasteiger partial charge in [0.1, 0.15) is 11.6 Å². The minimum Gasteiger partial charge on any atom is -0.493 e. The molecule has 1 aromatic rings. The van der Waals surface area contributed by atoms with Crippen molar-refractivity contribution in [2.75, 3.05) is 19.7 Å². The molecular weight excluding hydrogens is 343 g/mol. The zero-order valence-electron chi connectivity index (χ0n) is 16.3. The first kappa shape index (κ1) is 20.1. The molecule has 1 heterocycles. The van der Waals surface area contributed by atoms with Crippen LogP contribution in [0.1, 0.15) is 63.4 Å². The van der Waals surface area contributed by atoms with E-state index < -0.39 is 0 Å². The SMILES string of the molecule is O=C(Cc1ccc(OCCCCCC2CCNCC2)cc1F)NC1CCC1. The summed E-state index contributed by atoms with van der Waals surface area (Å²) in [5.41, 5.74) is 0.432. The molecule has 27 heavy (non-hydrogen) atoms. The highest BCUT2D eigenvalue weighted by molar-refractivity contribution is 5.79. The number of nitrogens with one attached hydrogen (secondary N) is 2. The number of amides is 1. The maximum absolute atomic E-state index is 14.2. The molecule has 2 aliphatic rings. The van der Waals surface area contributed by atoms with E-state index in [9.17, 15) is 9.18 Å². The molecule has 0 spiro atoms. The standard InChI is InChI=1S/C22H33FN2O2/c23-21-16-20(9-8-18(21)15-22(26)25-19-6-4-7-19)27-14-3-1-2-5-17-10-12-24-13-11-17/h8-9,16-17,19,24H,1-7,10-15H2,(H,25,26). The molecular formula is C22H33FN2O2. The summed E-state index contributed by atoms with van der Waals surface area (Å²) >= 11 is 0. The van der Waals surface area contributed by atoms with Gasteiger partial charge in [0.25, 0.3) is 0 Å². The van der Waals surface area contributed by atoms with E-state index in [0.717, 1.165) is 44.7 Å². The first-order valence-corrected chi connectivity index (χ1v) is 10.6. The lowest BCUT2D eigenvalue weighted by Gasteiger charge is -2.26. The van der Waals surface area contributed by atoms with Gasteiger partial charge in [-0.05, 0) is 69.2 Å². The van der Waals surface area contributed by atoms with Crippen LogP contribution in [0.2, 0.25) is 0 Å². The number of unbranched alkanes of at least 4 members (excludes halogenated alkanes) is 2. The van der Waals surface area contributed by atoms with Gasteiger partial charge in [-0.15, -0.1) is 0 Å². The quantitative estimate of drug-likeness (QED) is 0.608. The van der Waals surface area contributed by atoms with Crippen molar-refractivity contribution < 1.29 is 13.9 Å². The van der Waals surface area contributed by atoms with Crippen LogP contribution in [0.25, 0.3) is 0 Å². The van der Waals surface area contributed by atoms with Crippen LogP contribution in [0.15, 0.2) is 18.2 Å². The molecule has 1 aromatic carbocycles. The van der Waals surface area contributed by atoms with E-state index in [1.54, 1.807) is 12.1 Å². The average Bonchev–Trinajstić information content (AvgIpc) is 2.64. The van der Waals surface area contributed by atoms with Crippen molar-refractivity contribution in [1.82, 2.24) is 10.6 Å². The minimum absolute atomic E-state index is 0.0963. The van der Waals surface area contributed by atoms with E-state index in [2.05, 4.69) is 10.6 Å². The van der Waals surface area contributed by atoms with Crippen molar-refractivity contribution in [1.29, 1.82) is 0 Å². The molecule has 1 saturated carbocycles. The van der Waals surface area contributed by atoms with Gasteiger partial charge >= 0.3 is 0 Å². The number of carbonyl (C=O) groups is 1. The molecule has 0 radical (unpaired) electrons. The predicted molar refractivity (Wildman–Crippen MR) is 105 cm³/mol. The fraction of sp³-hybridized carbons (Fsp3) is 0.682. The molecule has 2 fully saturated rings. The van der Waals surface area contributed by atoms with Crippen LogP contribution in [0.5, 0.6) is 5.75 Å². The Morgan fingerprint density at radius 3 is 2.67 bits per heavy atom. The van der Waals surface area contributed by atoms with E-state index >= 15 is 0 Å². The van der Waals surface area contributed by atoms with Gasteiger partial charge in [0.2, 0.25) is 5.91 Å². The summed E-state index contributed by atoms with van der Waals surface area (Å²) in [6, 6.07) is 5.13. The minimum atomic E-state index is -0.359. The number of hydrogen-bond donors (Lipinski definition) is 2. The van der Waals surface area contributed by atoms with Crippen LogP contribution in [-0.2, 0) is 11.2 Å². The van der Waals surface area contributed by atoms with Gasteiger partial charge in [0.05, 0.1) is 13.0 Å². The second-order valence-corrected chi connectivity index (χ2v) is 8.02. The van der Waals surface area contributed by atoms with Gasteiger partial charge in [-0.3, -0.25) is 4.79 Å². The van der Waals surface area contributed by atoms with E-state index in [1.165, 1.54) is 38.2 Å². The van der Waals surface area contributed by atoms with E-state index in [-0.39, 0.29) is 24.2 Å². The number of halogens is 1. The van der Waals surface area contributed by atoms with E-state index in [1.807, 2.05) is 0 Å². The Morgan fingerprint density at radius 1 is 1.15 bits per heavy atom. The normalized spacial score (nSPS) is 18.1. The summed E-state index contributed by atoms with van der Waals surface area (Å²) in [4.78, 5) is 11.9. The molecule has 0 aromatic heterocycles. The topological polar surface area (TPSA) is 50.4 Å². The van der Waals surface area contributed by atoms with Crippen LogP contribution < -0.4 is 15.4 Å². The number of piperidine rings is 1. The zero-order valence-corrected chi connectivity index (χ0v) is 16.3. The fourth-order valence-corrected chi connectivity index (χ4v) is 3.84. The highest BCUT2D eigenvalue weighted by Gasteiger charge is 2.20. The average molecular weight is 377 g/mol. The zero-order chi connectivity index (χ0) is 18.9. The van der Waals surface area contributed by atoms with Gasteiger partial charge in [-0.1, -0.05) is 25.3 Å². The summed E-state index contributed by atoms with van der Waals surface area (Å²) in [5.74, 6) is 0.979. The van der Waals surface area contributed by atoms with E-state index in [0.29, 0.717) is 17.9 Å². The Bertz CT molecular complexity index is 598. The predicted octanol–water partition coefficient (Wildman–Crippen LogP) is 3.98. The van der Waals surface area contributed by atoms with Crippen LogP contribution >= 0.6 is 0 Å². The highest BCUT2D eigenvalue weighted by atomic mass is 19.1. The van der Waals surface area contributed by atoms with Crippen molar-refractivity contribution in [2.24, 2.45) is 5.92 Å².